The molecule has 0 saturated heterocycles. The van der Waals surface area contributed by atoms with Crippen LogP contribution in [-0.4, -0.2) is 6.54 Å². The molecule has 4 N–H and O–H groups in total. The van der Waals surface area contributed by atoms with Crippen LogP contribution in [-0.2, 0) is 0 Å². The molecule has 0 spiro atoms. The maximum absolute atomic E-state index is 6.04. The van der Waals surface area contributed by atoms with Gasteiger partial charge in [0.05, 0.1) is 0 Å². The predicted octanol–water partition coefficient (Wildman–Crippen LogP) is 2.67. The Kier molecular flexibility index (Phi) is 4.54. The van der Waals surface area contributed by atoms with E-state index in [1.54, 1.807) is 11.3 Å². The van der Waals surface area contributed by atoms with Gasteiger partial charge in [-0.2, -0.15) is 0 Å². The Bertz CT molecular complexity index is 427. The van der Waals surface area contributed by atoms with E-state index in [4.69, 9.17) is 11.5 Å². The zero-order chi connectivity index (χ0) is 9.97. The third-order valence-corrected chi connectivity index (χ3v) is 3.37. The molecule has 4 heteroatoms. The van der Waals surface area contributed by atoms with Crippen molar-refractivity contribution in [1.29, 1.82) is 0 Å². The summed E-state index contributed by atoms with van der Waals surface area (Å²) in [6, 6.07) is 8.43. The minimum Gasteiger partial charge on any atom is -0.330 e. The second-order valence-electron chi connectivity index (χ2n) is 3.37. The molecule has 1 atom stereocenters. The first-order valence-electron chi connectivity index (χ1n) is 4.74. The summed E-state index contributed by atoms with van der Waals surface area (Å²) in [4.78, 5) is 0. The van der Waals surface area contributed by atoms with Crippen LogP contribution in [0.3, 0.4) is 0 Å². The lowest BCUT2D eigenvalue weighted by atomic mass is 10.0. The summed E-state index contributed by atoms with van der Waals surface area (Å²) in [5.74, 6) is 0. The molecule has 0 saturated carbocycles. The predicted molar refractivity (Wildman–Crippen MR) is 69.7 cm³/mol. The molecule has 15 heavy (non-hydrogen) atoms. The van der Waals surface area contributed by atoms with Crippen molar-refractivity contribution < 1.29 is 0 Å². The number of hydrogen-bond donors (Lipinski definition) is 2. The molecule has 0 fully saturated rings. The van der Waals surface area contributed by atoms with Gasteiger partial charge in [0.15, 0.2) is 0 Å². The summed E-state index contributed by atoms with van der Waals surface area (Å²) in [5, 5.41) is 3.42. The first-order chi connectivity index (χ1) is 6.83. The molecular formula is C11H15ClN2S. The molecule has 82 valence electrons. The summed E-state index contributed by atoms with van der Waals surface area (Å²) >= 11 is 1.75. The van der Waals surface area contributed by atoms with E-state index in [9.17, 15) is 0 Å². The van der Waals surface area contributed by atoms with E-state index >= 15 is 0 Å². The molecular weight excluding hydrogens is 228 g/mol. The Morgan fingerprint density at radius 1 is 1.27 bits per heavy atom. The molecule has 0 aliphatic carbocycles. The first kappa shape index (κ1) is 12.5. The number of halogens is 1. The van der Waals surface area contributed by atoms with Crippen LogP contribution in [0.25, 0.3) is 10.1 Å². The standard InChI is InChI=1S/C11H14N2S.ClH/c12-6-5-10(13)9-7-14-11-4-2-1-3-8(9)11;/h1-4,7,10H,5-6,12-13H2;1H/t10-;/m0./s1. The molecule has 1 aromatic carbocycles. The average Bonchev–Trinajstić information content (AvgIpc) is 2.61. The second kappa shape index (κ2) is 5.47. The molecule has 0 amide bonds. The first-order valence-corrected chi connectivity index (χ1v) is 5.62. The van der Waals surface area contributed by atoms with Crippen LogP contribution in [0.15, 0.2) is 29.6 Å². The average molecular weight is 243 g/mol. The van der Waals surface area contributed by atoms with E-state index in [1.165, 1.54) is 15.6 Å². The number of nitrogens with two attached hydrogens (primary N) is 2. The van der Waals surface area contributed by atoms with Gasteiger partial charge in [-0.15, -0.1) is 23.7 Å². The number of rotatable bonds is 3. The quantitative estimate of drug-likeness (QED) is 0.870. The molecule has 1 heterocycles. The summed E-state index contributed by atoms with van der Waals surface area (Å²) in [6.45, 7) is 0.644. The van der Waals surface area contributed by atoms with E-state index in [0.717, 1.165) is 6.42 Å². The molecule has 0 unspecified atom stereocenters. The lowest BCUT2D eigenvalue weighted by Crippen LogP contribution is -2.14. The van der Waals surface area contributed by atoms with E-state index in [1.807, 2.05) is 6.07 Å². The van der Waals surface area contributed by atoms with Gasteiger partial charge in [-0.05, 0) is 35.4 Å². The normalized spacial score (nSPS) is 12.4. The maximum Gasteiger partial charge on any atom is 0.0346 e. The Morgan fingerprint density at radius 2 is 2.00 bits per heavy atom. The van der Waals surface area contributed by atoms with E-state index < -0.39 is 0 Å². The van der Waals surface area contributed by atoms with Gasteiger partial charge >= 0.3 is 0 Å². The minimum absolute atomic E-state index is 0. The highest BCUT2D eigenvalue weighted by Crippen LogP contribution is 2.30. The fraction of sp³-hybridized carbons (Fsp3) is 0.273. The van der Waals surface area contributed by atoms with Crippen molar-refractivity contribution in [3.8, 4) is 0 Å². The zero-order valence-electron chi connectivity index (χ0n) is 8.35. The molecule has 2 nitrogen and oxygen atoms in total. The molecule has 0 bridgehead atoms. The molecule has 1 aromatic heterocycles. The van der Waals surface area contributed by atoms with Gasteiger partial charge in [0.25, 0.3) is 0 Å². The molecule has 0 aliphatic rings. The van der Waals surface area contributed by atoms with Gasteiger partial charge < -0.3 is 11.5 Å². The van der Waals surface area contributed by atoms with Crippen LogP contribution in [0.2, 0.25) is 0 Å². The van der Waals surface area contributed by atoms with Crippen molar-refractivity contribution in [1.82, 2.24) is 0 Å². The van der Waals surface area contributed by atoms with Gasteiger partial charge in [0.2, 0.25) is 0 Å². The SMILES string of the molecule is Cl.NCC[C@H](N)c1csc2ccccc12. The fourth-order valence-electron chi connectivity index (χ4n) is 1.62. The van der Waals surface area contributed by atoms with Gasteiger partial charge in [-0.3, -0.25) is 0 Å². The second-order valence-corrected chi connectivity index (χ2v) is 4.28. The van der Waals surface area contributed by atoms with Crippen LogP contribution < -0.4 is 11.5 Å². The molecule has 2 rings (SSSR count). The van der Waals surface area contributed by atoms with Crippen molar-refractivity contribution >= 4 is 33.8 Å². The lowest BCUT2D eigenvalue weighted by molar-refractivity contribution is 0.667. The molecule has 2 aromatic rings. The summed E-state index contributed by atoms with van der Waals surface area (Å²) < 4.78 is 1.30. The largest absolute Gasteiger partial charge is 0.330 e. The number of fused-ring (bicyclic) bond motifs is 1. The van der Waals surface area contributed by atoms with Crippen LogP contribution in [0.4, 0.5) is 0 Å². The third kappa shape index (κ3) is 2.49. The van der Waals surface area contributed by atoms with Crippen molar-refractivity contribution in [3.63, 3.8) is 0 Å². The highest BCUT2D eigenvalue weighted by molar-refractivity contribution is 7.17. The minimum atomic E-state index is 0. The number of hydrogen-bond acceptors (Lipinski definition) is 3. The Balaban J connectivity index is 0.00000112. The van der Waals surface area contributed by atoms with Gasteiger partial charge in [-0.25, -0.2) is 0 Å². The Labute approximate surface area is 99.7 Å². The lowest BCUT2D eigenvalue weighted by Gasteiger charge is -2.08. The van der Waals surface area contributed by atoms with Crippen molar-refractivity contribution in [2.24, 2.45) is 11.5 Å². The van der Waals surface area contributed by atoms with Crippen LogP contribution in [0.5, 0.6) is 0 Å². The van der Waals surface area contributed by atoms with Crippen molar-refractivity contribution in [3.05, 3.63) is 35.2 Å². The highest BCUT2D eigenvalue weighted by atomic mass is 35.5. The highest BCUT2D eigenvalue weighted by Gasteiger charge is 2.10. The smallest absolute Gasteiger partial charge is 0.0346 e. The van der Waals surface area contributed by atoms with Gasteiger partial charge in [0.1, 0.15) is 0 Å². The third-order valence-electron chi connectivity index (χ3n) is 2.39. The maximum atomic E-state index is 6.04. The summed E-state index contributed by atoms with van der Waals surface area (Å²) in [5.41, 5.74) is 12.8. The van der Waals surface area contributed by atoms with E-state index in [-0.39, 0.29) is 18.4 Å². The van der Waals surface area contributed by atoms with Crippen molar-refractivity contribution in [2.45, 2.75) is 12.5 Å². The topological polar surface area (TPSA) is 52.0 Å². The summed E-state index contributed by atoms with van der Waals surface area (Å²) in [7, 11) is 0. The van der Waals surface area contributed by atoms with Crippen LogP contribution in [0, 0.1) is 0 Å². The van der Waals surface area contributed by atoms with Gasteiger partial charge in [-0.1, -0.05) is 18.2 Å². The van der Waals surface area contributed by atoms with E-state index in [2.05, 4.69) is 23.6 Å². The van der Waals surface area contributed by atoms with Gasteiger partial charge in [0, 0.05) is 10.7 Å². The zero-order valence-corrected chi connectivity index (χ0v) is 9.98. The molecule has 0 aliphatic heterocycles. The molecule has 0 radical (unpaired) electrons. The Morgan fingerprint density at radius 3 is 2.73 bits per heavy atom. The van der Waals surface area contributed by atoms with Crippen molar-refractivity contribution in [2.75, 3.05) is 6.54 Å². The Hall–Kier alpha value is -0.610. The van der Waals surface area contributed by atoms with Crippen LogP contribution >= 0.6 is 23.7 Å². The monoisotopic (exact) mass is 242 g/mol. The van der Waals surface area contributed by atoms with Crippen LogP contribution in [0.1, 0.15) is 18.0 Å². The van der Waals surface area contributed by atoms with E-state index in [0.29, 0.717) is 6.54 Å². The summed E-state index contributed by atoms with van der Waals surface area (Å²) in [6.07, 6.45) is 0.848. The number of benzene rings is 1. The fourth-order valence-corrected chi connectivity index (χ4v) is 2.65. The number of thiophene rings is 1.